The van der Waals surface area contributed by atoms with Gasteiger partial charge in [-0.3, -0.25) is 9.78 Å². The molecule has 0 saturated carbocycles. The van der Waals surface area contributed by atoms with Crippen LogP contribution in [0.4, 0.5) is 4.39 Å². The van der Waals surface area contributed by atoms with Crippen molar-refractivity contribution in [1.82, 2.24) is 4.98 Å². The molecular formula is C14H8FNO2. The van der Waals surface area contributed by atoms with Gasteiger partial charge in [0.2, 0.25) is 5.78 Å². The Balaban J connectivity index is 2.07. The fourth-order valence-electron chi connectivity index (χ4n) is 1.75. The molecular weight excluding hydrogens is 233 g/mol. The van der Waals surface area contributed by atoms with E-state index in [4.69, 9.17) is 4.42 Å². The molecule has 0 fully saturated rings. The summed E-state index contributed by atoms with van der Waals surface area (Å²) in [5, 5.41) is 0.564. The molecule has 0 bridgehead atoms. The molecule has 0 aliphatic heterocycles. The summed E-state index contributed by atoms with van der Waals surface area (Å²) in [4.78, 5) is 16.0. The predicted octanol–water partition coefficient (Wildman–Crippen LogP) is 3.20. The Kier molecular flexibility index (Phi) is 2.41. The highest BCUT2D eigenvalue weighted by atomic mass is 19.1. The highest BCUT2D eigenvalue weighted by Crippen LogP contribution is 2.21. The molecule has 0 unspecified atom stereocenters. The van der Waals surface area contributed by atoms with Gasteiger partial charge in [0.05, 0.1) is 0 Å². The van der Waals surface area contributed by atoms with Crippen molar-refractivity contribution in [2.45, 2.75) is 0 Å². The van der Waals surface area contributed by atoms with Gasteiger partial charge in [-0.2, -0.15) is 0 Å². The number of ketones is 1. The Bertz CT molecular complexity index is 719. The highest BCUT2D eigenvalue weighted by molar-refractivity contribution is 6.07. The Labute approximate surface area is 102 Å². The second-order valence-electron chi connectivity index (χ2n) is 3.84. The average molecular weight is 241 g/mol. The van der Waals surface area contributed by atoms with Crippen molar-refractivity contribution in [2.24, 2.45) is 0 Å². The van der Waals surface area contributed by atoms with Crippen LogP contribution in [0.25, 0.3) is 11.0 Å². The number of carbonyl (C=O) groups is 1. The summed E-state index contributed by atoms with van der Waals surface area (Å²) >= 11 is 0. The Morgan fingerprint density at radius 2 is 2.06 bits per heavy atom. The lowest BCUT2D eigenvalue weighted by Crippen LogP contribution is -2.01. The average Bonchev–Trinajstić information content (AvgIpc) is 2.81. The lowest BCUT2D eigenvalue weighted by Gasteiger charge is -1.94. The fraction of sp³-hybridized carbons (Fsp3) is 0. The number of halogens is 1. The van der Waals surface area contributed by atoms with Crippen molar-refractivity contribution < 1.29 is 13.6 Å². The standard InChI is InChI=1S/C14H8FNO2/c15-10-4-5-12-9(7-10)8-13(18-12)14(17)11-3-1-2-6-16-11/h1-8H. The monoisotopic (exact) mass is 241 g/mol. The smallest absolute Gasteiger partial charge is 0.246 e. The third kappa shape index (κ3) is 1.78. The van der Waals surface area contributed by atoms with Gasteiger partial charge in [0, 0.05) is 11.6 Å². The van der Waals surface area contributed by atoms with Gasteiger partial charge in [-0.15, -0.1) is 0 Å². The summed E-state index contributed by atoms with van der Waals surface area (Å²) in [6.45, 7) is 0. The first-order valence-electron chi connectivity index (χ1n) is 5.39. The first kappa shape index (κ1) is 10.7. The number of furan rings is 1. The van der Waals surface area contributed by atoms with Crippen LogP contribution in [0, 0.1) is 5.82 Å². The van der Waals surface area contributed by atoms with E-state index in [-0.39, 0.29) is 17.4 Å². The molecule has 3 nitrogen and oxygen atoms in total. The zero-order valence-electron chi connectivity index (χ0n) is 9.26. The van der Waals surface area contributed by atoms with Gasteiger partial charge < -0.3 is 4.42 Å². The van der Waals surface area contributed by atoms with Crippen LogP contribution in [0.2, 0.25) is 0 Å². The van der Waals surface area contributed by atoms with Crippen LogP contribution < -0.4 is 0 Å². The molecule has 0 radical (unpaired) electrons. The van der Waals surface area contributed by atoms with E-state index in [1.165, 1.54) is 30.5 Å². The molecule has 1 aromatic carbocycles. The van der Waals surface area contributed by atoms with Gasteiger partial charge in [0.1, 0.15) is 17.1 Å². The van der Waals surface area contributed by atoms with E-state index >= 15 is 0 Å². The number of rotatable bonds is 2. The van der Waals surface area contributed by atoms with E-state index in [0.717, 1.165) is 0 Å². The first-order chi connectivity index (χ1) is 8.74. The third-order valence-electron chi connectivity index (χ3n) is 2.60. The van der Waals surface area contributed by atoms with Crippen LogP contribution in [0.5, 0.6) is 0 Å². The van der Waals surface area contributed by atoms with Crippen LogP contribution in [0.15, 0.2) is 53.1 Å². The molecule has 88 valence electrons. The predicted molar refractivity (Wildman–Crippen MR) is 63.8 cm³/mol. The molecule has 0 spiro atoms. The van der Waals surface area contributed by atoms with E-state index < -0.39 is 0 Å². The number of hydrogen-bond acceptors (Lipinski definition) is 3. The molecule has 3 rings (SSSR count). The molecule has 18 heavy (non-hydrogen) atoms. The zero-order chi connectivity index (χ0) is 12.5. The van der Waals surface area contributed by atoms with Gasteiger partial charge in [-0.25, -0.2) is 4.39 Å². The van der Waals surface area contributed by atoms with Crippen LogP contribution >= 0.6 is 0 Å². The molecule has 3 aromatic rings. The van der Waals surface area contributed by atoms with E-state index in [0.29, 0.717) is 16.7 Å². The van der Waals surface area contributed by atoms with Gasteiger partial charge in [0.15, 0.2) is 5.76 Å². The molecule has 0 aliphatic carbocycles. The van der Waals surface area contributed by atoms with Crippen molar-refractivity contribution in [3.8, 4) is 0 Å². The van der Waals surface area contributed by atoms with Crippen molar-refractivity contribution in [3.05, 3.63) is 65.9 Å². The number of benzene rings is 1. The quantitative estimate of drug-likeness (QED) is 0.647. The maximum absolute atomic E-state index is 13.0. The van der Waals surface area contributed by atoms with E-state index in [1.807, 2.05) is 0 Å². The molecule has 0 amide bonds. The molecule has 0 atom stereocenters. The summed E-state index contributed by atoms with van der Waals surface area (Å²) < 4.78 is 18.4. The summed E-state index contributed by atoms with van der Waals surface area (Å²) in [6.07, 6.45) is 1.54. The van der Waals surface area contributed by atoms with Crippen LogP contribution in [0.1, 0.15) is 16.2 Å². The number of pyridine rings is 1. The second kappa shape index (κ2) is 4.07. The minimum absolute atomic E-state index is 0.161. The fourth-order valence-corrected chi connectivity index (χ4v) is 1.75. The van der Waals surface area contributed by atoms with Gasteiger partial charge in [-0.05, 0) is 36.4 Å². The number of fused-ring (bicyclic) bond motifs is 1. The topological polar surface area (TPSA) is 43.1 Å². The van der Waals surface area contributed by atoms with Crippen molar-refractivity contribution in [1.29, 1.82) is 0 Å². The van der Waals surface area contributed by atoms with Crippen LogP contribution in [0.3, 0.4) is 0 Å². The van der Waals surface area contributed by atoms with E-state index in [2.05, 4.69) is 4.98 Å². The third-order valence-corrected chi connectivity index (χ3v) is 2.60. The summed E-state index contributed by atoms with van der Waals surface area (Å²) in [7, 11) is 0. The molecule has 2 heterocycles. The maximum atomic E-state index is 13.0. The number of hydrogen-bond donors (Lipinski definition) is 0. The molecule has 0 saturated heterocycles. The van der Waals surface area contributed by atoms with Crippen molar-refractivity contribution in [3.63, 3.8) is 0 Å². The van der Waals surface area contributed by atoms with Crippen molar-refractivity contribution in [2.75, 3.05) is 0 Å². The molecule has 2 aromatic heterocycles. The van der Waals surface area contributed by atoms with Crippen molar-refractivity contribution >= 4 is 16.8 Å². The molecule has 0 aliphatic rings. The lowest BCUT2D eigenvalue weighted by atomic mass is 10.2. The van der Waals surface area contributed by atoms with Crippen LogP contribution in [-0.2, 0) is 0 Å². The number of nitrogens with zero attached hydrogens (tertiary/aromatic N) is 1. The Hall–Kier alpha value is -2.49. The zero-order valence-corrected chi connectivity index (χ0v) is 9.26. The molecule has 4 heteroatoms. The van der Waals surface area contributed by atoms with Gasteiger partial charge in [-0.1, -0.05) is 6.07 Å². The normalized spacial score (nSPS) is 10.7. The SMILES string of the molecule is O=C(c1ccccn1)c1cc2cc(F)ccc2o1. The van der Waals surface area contributed by atoms with E-state index in [9.17, 15) is 9.18 Å². The Morgan fingerprint density at radius 3 is 2.83 bits per heavy atom. The number of carbonyl (C=O) groups excluding carboxylic acids is 1. The van der Waals surface area contributed by atoms with Gasteiger partial charge in [0.25, 0.3) is 0 Å². The summed E-state index contributed by atoms with van der Waals surface area (Å²) in [5.74, 6) is -0.512. The highest BCUT2D eigenvalue weighted by Gasteiger charge is 2.15. The summed E-state index contributed by atoms with van der Waals surface area (Å²) in [5.41, 5.74) is 0.785. The first-order valence-corrected chi connectivity index (χ1v) is 5.39. The van der Waals surface area contributed by atoms with E-state index in [1.54, 1.807) is 18.2 Å². The largest absolute Gasteiger partial charge is 0.453 e. The second-order valence-corrected chi connectivity index (χ2v) is 3.84. The minimum atomic E-state index is -0.361. The van der Waals surface area contributed by atoms with Gasteiger partial charge >= 0.3 is 0 Å². The number of aromatic nitrogens is 1. The minimum Gasteiger partial charge on any atom is -0.453 e. The maximum Gasteiger partial charge on any atom is 0.246 e. The Morgan fingerprint density at radius 1 is 1.17 bits per heavy atom. The summed E-state index contributed by atoms with van der Waals surface area (Å²) in [6, 6.07) is 10.7. The molecule has 0 N–H and O–H groups in total. The van der Waals surface area contributed by atoms with Crippen LogP contribution in [-0.4, -0.2) is 10.8 Å². The lowest BCUT2D eigenvalue weighted by molar-refractivity contribution is 0.101.